The summed E-state index contributed by atoms with van der Waals surface area (Å²) in [5.74, 6) is 1.76. The maximum absolute atomic E-state index is 13.6. The molecule has 0 aliphatic carbocycles. The van der Waals surface area contributed by atoms with Crippen LogP contribution in [0.5, 0.6) is 0 Å². The summed E-state index contributed by atoms with van der Waals surface area (Å²) in [4.78, 5) is 33.9. The van der Waals surface area contributed by atoms with Gasteiger partial charge >= 0.3 is 5.69 Å². The van der Waals surface area contributed by atoms with Crippen LogP contribution in [-0.2, 0) is 27.2 Å². The average molecular weight is 441 g/mol. The molecule has 12 nitrogen and oxygen atoms in total. The number of anilines is 1. The fourth-order valence-electron chi connectivity index (χ4n) is 4.79. The highest BCUT2D eigenvalue weighted by Gasteiger charge is 2.40. The van der Waals surface area contributed by atoms with Gasteiger partial charge in [-0.15, -0.1) is 5.10 Å². The summed E-state index contributed by atoms with van der Waals surface area (Å²) in [5, 5.41) is 14.8. The predicted octanol–water partition coefficient (Wildman–Crippen LogP) is -0.767. The summed E-state index contributed by atoms with van der Waals surface area (Å²) >= 11 is 0. The number of aromatic nitrogens is 8. The van der Waals surface area contributed by atoms with E-state index in [0.717, 1.165) is 37.6 Å². The van der Waals surface area contributed by atoms with Crippen LogP contribution in [0.25, 0.3) is 11.2 Å². The van der Waals surface area contributed by atoms with Gasteiger partial charge in [0.25, 0.3) is 5.56 Å². The quantitative estimate of drug-likeness (QED) is 0.514. The van der Waals surface area contributed by atoms with E-state index in [0.29, 0.717) is 35.5 Å². The number of rotatable bonds is 5. The Balaban J connectivity index is 1.72. The van der Waals surface area contributed by atoms with E-state index in [1.807, 2.05) is 18.4 Å². The first kappa shape index (κ1) is 20.6. The predicted molar refractivity (Wildman–Crippen MR) is 119 cm³/mol. The molecule has 32 heavy (non-hydrogen) atoms. The lowest BCUT2D eigenvalue weighted by Gasteiger charge is -2.25. The van der Waals surface area contributed by atoms with Gasteiger partial charge in [0.1, 0.15) is 0 Å². The topological polar surface area (TPSA) is 121 Å². The van der Waals surface area contributed by atoms with Crippen molar-refractivity contribution in [3.63, 3.8) is 0 Å². The van der Waals surface area contributed by atoms with Crippen molar-refractivity contribution in [3.05, 3.63) is 38.3 Å². The Bertz CT molecular complexity index is 1320. The zero-order valence-corrected chi connectivity index (χ0v) is 18.8. The second kappa shape index (κ2) is 7.69. The highest BCUT2D eigenvalue weighted by Crippen LogP contribution is 2.32. The first-order valence-corrected chi connectivity index (χ1v) is 10.9. The van der Waals surface area contributed by atoms with Crippen molar-refractivity contribution in [1.29, 1.82) is 0 Å². The van der Waals surface area contributed by atoms with Gasteiger partial charge in [0.05, 0.1) is 6.54 Å². The molecule has 0 amide bonds. The van der Waals surface area contributed by atoms with Crippen LogP contribution in [0.15, 0.2) is 21.2 Å². The van der Waals surface area contributed by atoms with Crippen molar-refractivity contribution >= 4 is 17.1 Å². The standard InChI is InChI=1S/C20H28N10O2/c1-12(2)5-7-29-16-17(22-19(29)28-8-6-13-9-21-10-14(13)28)26(3)20(32)30(18(16)31)11-15-23-24-25-27(15)4/h5,13-14,21H,6-11H2,1-4H3. The molecule has 0 spiro atoms. The zero-order valence-electron chi connectivity index (χ0n) is 18.8. The summed E-state index contributed by atoms with van der Waals surface area (Å²) in [6.07, 6.45) is 3.17. The molecule has 2 atom stereocenters. The molecule has 2 aliphatic heterocycles. The Morgan fingerprint density at radius 1 is 1.19 bits per heavy atom. The minimum absolute atomic E-state index is 0.00750. The number of nitrogens with zero attached hydrogens (tertiary/aromatic N) is 9. The van der Waals surface area contributed by atoms with Crippen molar-refractivity contribution < 1.29 is 0 Å². The number of nitrogens with one attached hydrogen (secondary N) is 1. The van der Waals surface area contributed by atoms with Crippen molar-refractivity contribution in [1.82, 2.24) is 44.2 Å². The van der Waals surface area contributed by atoms with Gasteiger partial charge in [-0.2, -0.15) is 4.98 Å². The van der Waals surface area contributed by atoms with Crippen molar-refractivity contribution in [2.75, 3.05) is 24.5 Å². The van der Waals surface area contributed by atoms with Crippen LogP contribution >= 0.6 is 0 Å². The molecule has 1 N–H and O–H groups in total. The highest BCUT2D eigenvalue weighted by atomic mass is 16.2. The van der Waals surface area contributed by atoms with E-state index in [1.54, 1.807) is 14.1 Å². The normalized spacial score (nSPS) is 20.3. The lowest BCUT2D eigenvalue weighted by Crippen LogP contribution is -2.40. The molecule has 5 rings (SSSR count). The van der Waals surface area contributed by atoms with Gasteiger partial charge in [0.15, 0.2) is 17.0 Å². The Hall–Kier alpha value is -3.28. The molecule has 2 aliphatic rings. The van der Waals surface area contributed by atoms with E-state index in [1.165, 1.54) is 13.8 Å². The summed E-state index contributed by atoms with van der Waals surface area (Å²) in [7, 11) is 3.33. The fourth-order valence-corrected chi connectivity index (χ4v) is 4.79. The van der Waals surface area contributed by atoms with Crippen LogP contribution in [0.3, 0.4) is 0 Å². The minimum atomic E-state index is -0.439. The molecule has 3 aromatic heterocycles. The van der Waals surface area contributed by atoms with E-state index in [4.69, 9.17) is 4.98 Å². The lowest BCUT2D eigenvalue weighted by molar-refractivity contribution is 0.573. The van der Waals surface area contributed by atoms with Crippen LogP contribution in [0.1, 0.15) is 26.1 Å². The molecule has 5 heterocycles. The Morgan fingerprint density at radius 2 is 2.00 bits per heavy atom. The maximum atomic E-state index is 13.6. The molecule has 0 saturated carbocycles. The van der Waals surface area contributed by atoms with Gasteiger partial charge in [-0.1, -0.05) is 11.6 Å². The average Bonchev–Trinajstić information content (AvgIpc) is 3.51. The molecule has 2 unspecified atom stereocenters. The summed E-state index contributed by atoms with van der Waals surface area (Å²) < 4.78 is 6.04. The number of hydrogen-bond donors (Lipinski definition) is 1. The number of fused-ring (bicyclic) bond motifs is 2. The minimum Gasteiger partial charge on any atom is -0.338 e. The molecule has 0 radical (unpaired) electrons. The largest absolute Gasteiger partial charge is 0.338 e. The van der Waals surface area contributed by atoms with Gasteiger partial charge in [-0.05, 0) is 36.6 Å². The third kappa shape index (κ3) is 3.17. The SMILES string of the molecule is CC(C)=CCn1c(N2CCC3CNCC32)nc2c1c(=O)n(Cc1nnnn1C)c(=O)n2C. The van der Waals surface area contributed by atoms with Crippen LogP contribution in [0, 0.1) is 5.92 Å². The molecule has 0 bridgehead atoms. The number of aryl methyl sites for hydroxylation is 2. The molecular formula is C20H28N10O2. The fraction of sp³-hybridized carbons (Fsp3) is 0.600. The monoisotopic (exact) mass is 440 g/mol. The second-order valence-corrected chi connectivity index (χ2v) is 8.90. The number of imidazole rings is 1. The van der Waals surface area contributed by atoms with Crippen LogP contribution in [-0.4, -0.2) is 64.6 Å². The van der Waals surface area contributed by atoms with Gasteiger partial charge in [-0.25, -0.2) is 9.48 Å². The van der Waals surface area contributed by atoms with Crippen LogP contribution in [0.4, 0.5) is 5.95 Å². The molecule has 2 saturated heterocycles. The summed E-state index contributed by atoms with van der Waals surface area (Å²) in [6.45, 7) is 7.36. The first-order valence-electron chi connectivity index (χ1n) is 10.9. The number of tetrazole rings is 1. The second-order valence-electron chi connectivity index (χ2n) is 8.90. The van der Waals surface area contributed by atoms with Crippen molar-refractivity contribution in [2.24, 2.45) is 20.0 Å². The number of allylic oxidation sites excluding steroid dienone is 2. The summed E-state index contributed by atoms with van der Waals surface area (Å²) in [6, 6.07) is 0.348. The van der Waals surface area contributed by atoms with E-state index in [9.17, 15) is 9.59 Å². The van der Waals surface area contributed by atoms with E-state index in [2.05, 4.69) is 31.8 Å². The first-order chi connectivity index (χ1) is 15.4. The Kier molecular flexibility index (Phi) is 4.96. The lowest BCUT2D eigenvalue weighted by atomic mass is 10.1. The van der Waals surface area contributed by atoms with Crippen LogP contribution in [0.2, 0.25) is 0 Å². The molecular weight excluding hydrogens is 412 g/mol. The maximum Gasteiger partial charge on any atom is 0.332 e. The Morgan fingerprint density at radius 3 is 2.72 bits per heavy atom. The smallest absolute Gasteiger partial charge is 0.332 e. The van der Waals surface area contributed by atoms with Gasteiger partial charge in [0, 0.05) is 46.3 Å². The molecule has 0 aromatic carbocycles. The van der Waals surface area contributed by atoms with E-state index in [-0.39, 0.29) is 12.1 Å². The van der Waals surface area contributed by atoms with Crippen molar-refractivity contribution in [3.8, 4) is 0 Å². The third-order valence-electron chi connectivity index (χ3n) is 6.60. The molecule has 12 heteroatoms. The van der Waals surface area contributed by atoms with Gasteiger partial charge < -0.3 is 14.8 Å². The zero-order chi connectivity index (χ0) is 22.6. The molecule has 170 valence electrons. The van der Waals surface area contributed by atoms with Crippen LogP contribution < -0.4 is 21.5 Å². The molecule has 2 fully saturated rings. The van der Waals surface area contributed by atoms with Gasteiger partial charge in [-0.3, -0.25) is 13.9 Å². The Labute approximate surface area is 184 Å². The third-order valence-corrected chi connectivity index (χ3v) is 6.60. The van der Waals surface area contributed by atoms with E-state index < -0.39 is 5.69 Å². The van der Waals surface area contributed by atoms with Crippen molar-refractivity contribution in [2.45, 2.75) is 39.4 Å². The molecule has 3 aromatic rings. The highest BCUT2D eigenvalue weighted by molar-refractivity contribution is 5.75. The van der Waals surface area contributed by atoms with E-state index >= 15 is 0 Å². The summed E-state index contributed by atoms with van der Waals surface area (Å²) in [5.41, 5.74) is 1.15. The van der Waals surface area contributed by atoms with Gasteiger partial charge in [0.2, 0.25) is 5.95 Å². The number of hydrogen-bond acceptors (Lipinski definition) is 8.